The van der Waals surface area contributed by atoms with Gasteiger partial charge in [-0.15, -0.1) is 0 Å². The van der Waals surface area contributed by atoms with Crippen molar-refractivity contribution in [2.75, 3.05) is 7.05 Å². The molecule has 0 aliphatic carbocycles. The van der Waals surface area contributed by atoms with Crippen molar-refractivity contribution in [3.8, 4) is 11.4 Å². The van der Waals surface area contributed by atoms with E-state index in [9.17, 15) is 26.7 Å². The van der Waals surface area contributed by atoms with Gasteiger partial charge in [-0.2, -0.15) is 13.2 Å². The van der Waals surface area contributed by atoms with Crippen LogP contribution in [0, 0.1) is 0 Å². The lowest BCUT2D eigenvalue weighted by atomic mass is 10.0. The predicted octanol–water partition coefficient (Wildman–Crippen LogP) is 4.72. The van der Waals surface area contributed by atoms with Crippen molar-refractivity contribution in [2.45, 2.75) is 25.6 Å². The summed E-state index contributed by atoms with van der Waals surface area (Å²) in [6, 6.07) is 0.881. The molecule has 0 fully saturated rings. The Hall–Kier alpha value is -3.50. The van der Waals surface area contributed by atoms with Crippen LogP contribution in [-0.4, -0.2) is 37.8 Å². The lowest BCUT2D eigenvalue weighted by Crippen LogP contribution is -2.31. The fourth-order valence-corrected chi connectivity index (χ4v) is 2.90. The molecule has 6 nitrogen and oxygen atoms in total. The maximum atomic E-state index is 13.1. The highest BCUT2D eigenvalue weighted by molar-refractivity contribution is 5.94. The second-order valence-corrected chi connectivity index (χ2v) is 6.62. The van der Waals surface area contributed by atoms with Crippen molar-refractivity contribution in [1.29, 1.82) is 0 Å². The van der Waals surface area contributed by atoms with Crippen LogP contribution in [0.1, 0.15) is 46.6 Å². The van der Waals surface area contributed by atoms with Crippen LogP contribution in [-0.2, 0) is 6.18 Å². The average molecular weight is 437 g/mol. The highest BCUT2D eigenvalue weighted by Gasteiger charge is 2.33. The van der Waals surface area contributed by atoms with Crippen LogP contribution in [0.2, 0.25) is 0 Å². The first kappa shape index (κ1) is 22.2. The molecule has 0 aliphatic heterocycles. The molecule has 1 atom stereocenters. The number of alkyl halides is 5. The molecule has 1 amide bonds. The molecule has 0 saturated carbocycles. The van der Waals surface area contributed by atoms with Gasteiger partial charge in [0, 0.05) is 43.0 Å². The zero-order valence-corrected chi connectivity index (χ0v) is 16.3. The van der Waals surface area contributed by atoms with E-state index in [2.05, 4.69) is 19.9 Å². The second-order valence-electron chi connectivity index (χ2n) is 6.62. The zero-order chi connectivity index (χ0) is 22.8. The Balaban J connectivity index is 1.99. The molecule has 2 heterocycles. The van der Waals surface area contributed by atoms with Crippen LogP contribution in [0.3, 0.4) is 0 Å². The van der Waals surface area contributed by atoms with Crippen LogP contribution in [0.4, 0.5) is 22.0 Å². The number of benzene rings is 1. The van der Waals surface area contributed by atoms with E-state index < -0.39 is 41.2 Å². The number of carbonyl (C=O) groups excluding carboxylic acids is 1. The monoisotopic (exact) mass is 437 g/mol. The maximum absolute atomic E-state index is 13.1. The van der Waals surface area contributed by atoms with Gasteiger partial charge < -0.3 is 4.90 Å². The quantitative estimate of drug-likeness (QED) is 0.540. The Morgan fingerprint density at radius 3 is 2.29 bits per heavy atom. The molecule has 0 N–H and O–H groups in total. The molecule has 0 bridgehead atoms. The van der Waals surface area contributed by atoms with Gasteiger partial charge >= 0.3 is 6.18 Å². The van der Waals surface area contributed by atoms with Crippen molar-refractivity contribution < 1.29 is 26.7 Å². The van der Waals surface area contributed by atoms with Crippen molar-refractivity contribution in [3.63, 3.8) is 0 Å². The minimum absolute atomic E-state index is 0.319. The van der Waals surface area contributed by atoms with E-state index in [0.717, 1.165) is 11.0 Å². The molecule has 0 saturated heterocycles. The number of carbonyl (C=O) groups is 1. The van der Waals surface area contributed by atoms with E-state index in [4.69, 9.17) is 0 Å². The number of hydrogen-bond acceptors (Lipinski definition) is 5. The van der Waals surface area contributed by atoms with Crippen molar-refractivity contribution in [2.24, 2.45) is 0 Å². The van der Waals surface area contributed by atoms with E-state index in [1.54, 1.807) is 6.92 Å². The third kappa shape index (κ3) is 4.81. The SMILES string of the molecule is CC(c1nccnc1-c1cnccn1)N(C)C(=O)c1cc(C(F)F)cc(C(F)(F)F)c1. The molecule has 162 valence electrons. The van der Waals surface area contributed by atoms with Gasteiger partial charge in [0.2, 0.25) is 0 Å². The van der Waals surface area contributed by atoms with Crippen LogP contribution in [0.25, 0.3) is 11.4 Å². The number of rotatable bonds is 5. The summed E-state index contributed by atoms with van der Waals surface area (Å²) < 4.78 is 65.7. The minimum atomic E-state index is -4.88. The largest absolute Gasteiger partial charge is 0.416 e. The Labute approximate surface area is 173 Å². The highest BCUT2D eigenvalue weighted by Crippen LogP contribution is 2.34. The van der Waals surface area contributed by atoms with Crippen LogP contribution in [0.15, 0.2) is 49.2 Å². The first-order valence-corrected chi connectivity index (χ1v) is 8.94. The van der Waals surface area contributed by atoms with Crippen molar-refractivity contribution >= 4 is 5.91 Å². The molecule has 1 unspecified atom stereocenters. The molecule has 0 radical (unpaired) electrons. The average Bonchev–Trinajstić information content (AvgIpc) is 2.77. The molecule has 0 spiro atoms. The van der Waals surface area contributed by atoms with Crippen molar-refractivity contribution in [1.82, 2.24) is 24.8 Å². The summed E-state index contributed by atoms with van der Waals surface area (Å²) in [5.41, 5.74) is -1.69. The predicted molar refractivity (Wildman–Crippen MR) is 100.0 cm³/mol. The molecule has 1 aromatic carbocycles. The number of hydrogen-bond donors (Lipinski definition) is 0. The second kappa shape index (κ2) is 8.70. The van der Waals surface area contributed by atoms with Gasteiger partial charge in [0.05, 0.1) is 23.5 Å². The molecular formula is C20H16F5N5O. The van der Waals surface area contributed by atoms with E-state index in [1.165, 1.54) is 38.0 Å². The smallest absolute Gasteiger partial charge is 0.333 e. The van der Waals surface area contributed by atoms with Crippen LogP contribution >= 0.6 is 0 Å². The van der Waals surface area contributed by atoms with E-state index in [-0.39, 0.29) is 0 Å². The lowest BCUT2D eigenvalue weighted by Gasteiger charge is -2.26. The molecule has 0 aliphatic rings. The summed E-state index contributed by atoms with van der Waals surface area (Å²) in [6.07, 6.45) is -0.876. The minimum Gasteiger partial charge on any atom is -0.333 e. The molecular weight excluding hydrogens is 421 g/mol. The normalized spacial score (nSPS) is 12.6. The first-order chi connectivity index (χ1) is 14.6. The Morgan fingerprint density at radius 2 is 1.68 bits per heavy atom. The topological polar surface area (TPSA) is 71.9 Å². The standard InChI is InChI=1S/C20H16F5N5O/c1-11(16-17(29-6-5-28-16)15-10-26-3-4-27-15)30(2)19(31)13-7-12(18(21)22)8-14(9-13)20(23,24)25/h3-11,18H,1-2H3. The molecule has 11 heteroatoms. The summed E-state index contributed by atoms with van der Waals surface area (Å²) in [6.45, 7) is 1.59. The van der Waals surface area contributed by atoms with Gasteiger partial charge in [-0.3, -0.25) is 24.7 Å². The van der Waals surface area contributed by atoms with E-state index >= 15 is 0 Å². The Bertz CT molecular complexity index is 1080. The summed E-state index contributed by atoms with van der Waals surface area (Å²) in [4.78, 5) is 30.6. The summed E-state index contributed by atoms with van der Waals surface area (Å²) in [5, 5.41) is 0. The summed E-state index contributed by atoms with van der Waals surface area (Å²) in [5.74, 6) is -0.878. The lowest BCUT2D eigenvalue weighted by molar-refractivity contribution is -0.137. The van der Waals surface area contributed by atoms with Gasteiger partial charge in [0.1, 0.15) is 11.4 Å². The number of aromatic nitrogens is 4. The van der Waals surface area contributed by atoms with Gasteiger partial charge in [-0.1, -0.05) is 0 Å². The molecule has 31 heavy (non-hydrogen) atoms. The maximum Gasteiger partial charge on any atom is 0.416 e. The van der Waals surface area contributed by atoms with Gasteiger partial charge in [0.15, 0.2) is 0 Å². The van der Waals surface area contributed by atoms with Crippen LogP contribution in [0.5, 0.6) is 0 Å². The first-order valence-electron chi connectivity index (χ1n) is 8.94. The number of amides is 1. The van der Waals surface area contributed by atoms with Gasteiger partial charge in [0.25, 0.3) is 12.3 Å². The zero-order valence-electron chi connectivity index (χ0n) is 16.3. The number of nitrogens with zero attached hydrogens (tertiary/aromatic N) is 5. The molecule has 3 aromatic rings. The van der Waals surface area contributed by atoms with Crippen molar-refractivity contribution in [3.05, 3.63) is 71.6 Å². The highest BCUT2D eigenvalue weighted by atomic mass is 19.4. The van der Waals surface area contributed by atoms with Gasteiger partial charge in [-0.25, -0.2) is 8.78 Å². The van der Waals surface area contributed by atoms with Crippen LogP contribution < -0.4 is 0 Å². The van der Waals surface area contributed by atoms with E-state index in [1.807, 2.05) is 0 Å². The summed E-state index contributed by atoms with van der Waals surface area (Å²) >= 11 is 0. The molecule has 2 aromatic heterocycles. The third-order valence-electron chi connectivity index (χ3n) is 4.61. The van der Waals surface area contributed by atoms with E-state index in [0.29, 0.717) is 29.2 Å². The third-order valence-corrected chi connectivity index (χ3v) is 4.61. The Morgan fingerprint density at radius 1 is 1.00 bits per heavy atom. The molecule has 3 rings (SSSR count). The summed E-state index contributed by atoms with van der Waals surface area (Å²) in [7, 11) is 1.34. The Kier molecular flexibility index (Phi) is 6.23. The fraction of sp³-hybridized carbons (Fsp3) is 0.250. The van der Waals surface area contributed by atoms with Gasteiger partial charge in [-0.05, 0) is 25.1 Å². The fourth-order valence-electron chi connectivity index (χ4n) is 2.90. The number of halogens is 5.